The lowest BCUT2D eigenvalue weighted by Gasteiger charge is -2.15. The van der Waals surface area contributed by atoms with Crippen molar-refractivity contribution in [1.82, 2.24) is 10.6 Å². The van der Waals surface area contributed by atoms with Gasteiger partial charge in [-0.15, -0.1) is 0 Å². The quantitative estimate of drug-likeness (QED) is 0.302. The summed E-state index contributed by atoms with van der Waals surface area (Å²) in [6.45, 7) is 2.76. The average Bonchev–Trinajstić information content (AvgIpc) is 2.68. The molecule has 2 aromatic rings. The molecule has 2 atom stereocenters. The molecular formula is C21H26F2N2OS. The highest BCUT2D eigenvalue weighted by atomic mass is 32.1. The van der Waals surface area contributed by atoms with Crippen LogP contribution >= 0.6 is 12.6 Å². The number of benzene rings is 2. The molecule has 0 aliphatic carbocycles. The third-order valence-corrected chi connectivity index (χ3v) is 5.03. The topological polar surface area (TPSA) is 41.1 Å². The number of carbonyl (C=O) groups is 1. The summed E-state index contributed by atoms with van der Waals surface area (Å²) in [7, 11) is 0. The van der Waals surface area contributed by atoms with E-state index in [0.717, 1.165) is 12.8 Å². The van der Waals surface area contributed by atoms with Gasteiger partial charge in [0.15, 0.2) is 0 Å². The second-order valence-electron chi connectivity index (χ2n) is 6.51. The van der Waals surface area contributed by atoms with Crippen LogP contribution < -0.4 is 10.6 Å². The molecule has 2 N–H and O–H groups in total. The van der Waals surface area contributed by atoms with E-state index in [4.69, 9.17) is 0 Å². The van der Waals surface area contributed by atoms with Crippen LogP contribution in [0.25, 0.3) is 0 Å². The first-order valence-corrected chi connectivity index (χ1v) is 9.63. The summed E-state index contributed by atoms with van der Waals surface area (Å²) in [5.41, 5.74) is 1.70. The Hall–Kier alpha value is -1.76. The van der Waals surface area contributed by atoms with Crippen LogP contribution in [0.15, 0.2) is 42.5 Å². The molecule has 0 saturated heterocycles. The minimum Gasteiger partial charge on any atom is -0.313 e. The number of hydrogen-bond donors (Lipinski definition) is 3. The van der Waals surface area contributed by atoms with Gasteiger partial charge in [-0.1, -0.05) is 30.3 Å². The lowest BCUT2D eigenvalue weighted by Crippen LogP contribution is -2.22. The Kier molecular flexibility index (Phi) is 8.91. The van der Waals surface area contributed by atoms with E-state index in [-0.39, 0.29) is 23.9 Å². The number of thiol groups is 1. The van der Waals surface area contributed by atoms with Gasteiger partial charge in [0.25, 0.3) is 0 Å². The minimum absolute atomic E-state index is 0.0979. The first-order valence-electron chi connectivity index (χ1n) is 9.11. The molecule has 0 fully saturated rings. The number of hydrogen-bond acceptors (Lipinski definition) is 4. The summed E-state index contributed by atoms with van der Waals surface area (Å²) in [5, 5.41) is 6.15. The number of aldehydes is 1. The van der Waals surface area contributed by atoms with E-state index >= 15 is 0 Å². The van der Waals surface area contributed by atoms with Crippen molar-refractivity contribution >= 4 is 18.9 Å². The Morgan fingerprint density at radius 1 is 1.15 bits per heavy atom. The van der Waals surface area contributed by atoms with Crippen LogP contribution in [0.2, 0.25) is 0 Å². The number of carbonyl (C=O) groups excluding carboxylic acids is 1. The normalized spacial score (nSPS) is 13.3. The van der Waals surface area contributed by atoms with Gasteiger partial charge in [0.2, 0.25) is 0 Å². The summed E-state index contributed by atoms with van der Waals surface area (Å²) in [6.07, 6.45) is 2.48. The fraction of sp³-hybridized carbons (Fsp3) is 0.381. The van der Waals surface area contributed by atoms with Crippen molar-refractivity contribution < 1.29 is 13.6 Å². The van der Waals surface area contributed by atoms with Gasteiger partial charge in [0.05, 0.1) is 6.54 Å². The molecule has 6 heteroatoms. The second kappa shape index (κ2) is 11.2. The van der Waals surface area contributed by atoms with Gasteiger partial charge in [-0.05, 0) is 44.0 Å². The largest absolute Gasteiger partial charge is 0.313 e. The van der Waals surface area contributed by atoms with Gasteiger partial charge in [0, 0.05) is 29.0 Å². The smallest absolute Gasteiger partial charge is 0.133 e. The first kappa shape index (κ1) is 21.5. The molecule has 2 aromatic carbocycles. The highest BCUT2D eigenvalue weighted by Crippen LogP contribution is 2.24. The van der Waals surface area contributed by atoms with Gasteiger partial charge in [-0.25, -0.2) is 8.78 Å². The Balaban J connectivity index is 1.80. The zero-order chi connectivity index (χ0) is 19.6. The van der Waals surface area contributed by atoms with Crippen molar-refractivity contribution in [3.8, 4) is 0 Å². The SMILES string of the molecule is CC(NCC=O)c1cc(F)c(CNCCC[C@@H](S)c2ccccc2)cc1F. The van der Waals surface area contributed by atoms with Crippen LogP contribution in [0.4, 0.5) is 8.78 Å². The van der Waals surface area contributed by atoms with E-state index in [1.807, 2.05) is 18.2 Å². The number of nitrogens with one attached hydrogen (secondary N) is 2. The Morgan fingerprint density at radius 2 is 1.89 bits per heavy atom. The molecule has 1 unspecified atom stereocenters. The van der Waals surface area contributed by atoms with Crippen LogP contribution in [-0.4, -0.2) is 19.4 Å². The zero-order valence-corrected chi connectivity index (χ0v) is 16.3. The molecule has 27 heavy (non-hydrogen) atoms. The second-order valence-corrected chi connectivity index (χ2v) is 7.13. The summed E-state index contributed by atoms with van der Waals surface area (Å²) in [5.74, 6) is -0.923. The van der Waals surface area contributed by atoms with Gasteiger partial charge < -0.3 is 15.4 Å². The van der Waals surface area contributed by atoms with Gasteiger partial charge in [0.1, 0.15) is 17.9 Å². The van der Waals surface area contributed by atoms with E-state index in [1.165, 1.54) is 17.7 Å². The standard InChI is InChI=1S/C21H26F2N2OS/c1-15(25-10-11-26)18-13-19(22)17(12-20(18)23)14-24-9-5-8-21(27)16-6-3-2-4-7-16/h2-4,6-7,11-13,15,21,24-25,27H,5,8-10,14H2,1H3/t15?,21-/m1/s1. The van der Waals surface area contributed by atoms with Crippen molar-refractivity contribution in [1.29, 1.82) is 0 Å². The summed E-state index contributed by atoms with van der Waals surface area (Å²) < 4.78 is 28.5. The third-order valence-electron chi connectivity index (χ3n) is 4.47. The van der Waals surface area contributed by atoms with E-state index < -0.39 is 17.7 Å². The Morgan fingerprint density at radius 3 is 2.59 bits per heavy atom. The minimum atomic E-state index is -0.474. The molecule has 0 spiro atoms. The predicted octanol–water partition coefficient (Wildman–Crippen LogP) is 4.36. The molecule has 0 radical (unpaired) electrons. The highest BCUT2D eigenvalue weighted by Gasteiger charge is 2.15. The Labute approximate surface area is 165 Å². The molecule has 0 heterocycles. The van der Waals surface area contributed by atoms with Crippen LogP contribution in [0.5, 0.6) is 0 Å². The molecule has 0 aromatic heterocycles. The average molecular weight is 393 g/mol. The predicted molar refractivity (Wildman–Crippen MR) is 108 cm³/mol. The van der Waals surface area contributed by atoms with Crippen molar-refractivity contribution in [2.45, 2.75) is 37.6 Å². The van der Waals surface area contributed by atoms with Crippen LogP contribution in [0.3, 0.4) is 0 Å². The molecule has 0 saturated carbocycles. The first-order chi connectivity index (χ1) is 13.0. The van der Waals surface area contributed by atoms with E-state index in [0.29, 0.717) is 18.4 Å². The van der Waals surface area contributed by atoms with Crippen LogP contribution in [0, 0.1) is 11.6 Å². The molecular weight excluding hydrogens is 366 g/mol. The number of halogens is 2. The molecule has 0 aliphatic heterocycles. The summed E-state index contributed by atoms with van der Waals surface area (Å²) in [4.78, 5) is 10.4. The van der Waals surface area contributed by atoms with Crippen molar-refractivity contribution in [3.63, 3.8) is 0 Å². The zero-order valence-electron chi connectivity index (χ0n) is 15.4. The van der Waals surface area contributed by atoms with E-state index in [9.17, 15) is 13.6 Å². The maximum Gasteiger partial charge on any atom is 0.133 e. The molecule has 0 amide bonds. The molecule has 0 aliphatic rings. The van der Waals surface area contributed by atoms with Gasteiger partial charge in [-0.3, -0.25) is 0 Å². The van der Waals surface area contributed by atoms with Crippen molar-refractivity contribution in [3.05, 3.63) is 70.8 Å². The molecule has 146 valence electrons. The maximum atomic E-state index is 14.3. The summed E-state index contributed by atoms with van der Waals surface area (Å²) in [6, 6.07) is 12.1. The van der Waals surface area contributed by atoms with Crippen molar-refractivity contribution in [2.24, 2.45) is 0 Å². The number of rotatable bonds is 11. The van der Waals surface area contributed by atoms with Gasteiger partial charge >= 0.3 is 0 Å². The van der Waals surface area contributed by atoms with E-state index in [1.54, 1.807) is 6.92 Å². The van der Waals surface area contributed by atoms with E-state index in [2.05, 4.69) is 35.4 Å². The summed E-state index contributed by atoms with van der Waals surface area (Å²) >= 11 is 4.61. The fourth-order valence-corrected chi connectivity index (χ4v) is 3.25. The molecule has 2 rings (SSSR count). The monoisotopic (exact) mass is 392 g/mol. The maximum absolute atomic E-state index is 14.3. The van der Waals surface area contributed by atoms with Crippen molar-refractivity contribution in [2.75, 3.05) is 13.1 Å². The Bertz CT molecular complexity index is 728. The van der Waals surface area contributed by atoms with Crippen LogP contribution in [0.1, 0.15) is 47.7 Å². The lowest BCUT2D eigenvalue weighted by atomic mass is 10.0. The third kappa shape index (κ3) is 6.72. The lowest BCUT2D eigenvalue weighted by molar-refractivity contribution is -0.107. The highest BCUT2D eigenvalue weighted by molar-refractivity contribution is 7.80. The van der Waals surface area contributed by atoms with Crippen LogP contribution in [-0.2, 0) is 11.3 Å². The molecule has 0 bridgehead atoms. The molecule has 3 nitrogen and oxygen atoms in total. The van der Waals surface area contributed by atoms with Gasteiger partial charge in [-0.2, -0.15) is 12.6 Å². The fourth-order valence-electron chi connectivity index (χ4n) is 2.89.